The molecule has 0 saturated carbocycles. The van der Waals surface area contributed by atoms with Crippen LogP contribution >= 0.6 is 11.3 Å². The van der Waals surface area contributed by atoms with Crippen LogP contribution in [0, 0.1) is 0 Å². The van der Waals surface area contributed by atoms with Crippen molar-refractivity contribution in [3.63, 3.8) is 0 Å². The van der Waals surface area contributed by atoms with E-state index >= 15 is 0 Å². The van der Waals surface area contributed by atoms with Gasteiger partial charge in [0.15, 0.2) is 10.9 Å². The van der Waals surface area contributed by atoms with Crippen LogP contribution in [0.25, 0.3) is 22.4 Å². The molecule has 0 aliphatic carbocycles. The maximum Gasteiger partial charge on any atom is 0.293 e. The minimum atomic E-state index is -0.301. The monoisotopic (exact) mass is 346 g/mol. The van der Waals surface area contributed by atoms with E-state index in [0.29, 0.717) is 5.13 Å². The van der Waals surface area contributed by atoms with Crippen molar-refractivity contribution in [1.82, 2.24) is 4.98 Å². The van der Waals surface area contributed by atoms with Crippen LogP contribution in [-0.4, -0.2) is 10.9 Å². The van der Waals surface area contributed by atoms with Gasteiger partial charge >= 0.3 is 0 Å². The number of furan rings is 1. The summed E-state index contributed by atoms with van der Waals surface area (Å²) in [5, 5.41) is 5.22. The van der Waals surface area contributed by atoms with E-state index in [0.717, 1.165) is 16.8 Å². The van der Waals surface area contributed by atoms with Crippen LogP contribution in [0.3, 0.4) is 0 Å². The Balaban J connectivity index is 1.51. The Morgan fingerprint density at radius 2 is 1.60 bits per heavy atom. The molecule has 0 bridgehead atoms. The van der Waals surface area contributed by atoms with Crippen molar-refractivity contribution in [2.75, 3.05) is 5.32 Å². The SMILES string of the molecule is O=C(Nc1nc(-c2ccc(-c3ccccc3)cc2)cs1)c1ccco1. The quantitative estimate of drug-likeness (QED) is 0.544. The molecule has 0 unspecified atom stereocenters. The molecule has 25 heavy (non-hydrogen) atoms. The minimum Gasteiger partial charge on any atom is -0.459 e. The van der Waals surface area contributed by atoms with Gasteiger partial charge in [-0.1, -0.05) is 54.6 Å². The van der Waals surface area contributed by atoms with Gasteiger partial charge in [0.2, 0.25) is 0 Å². The van der Waals surface area contributed by atoms with E-state index in [1.165, 1.54) is 23.2 Å². The molecule has 2 aromatic carbocycles. The number of benzene rings is 2. The van der Waals surface area contributed by atoms with Crippen molar-refractivity contribution >= 4 is 22.4 Å². The highest BCUT2D eigenvalue weighted by Crippen LogP contribution is 2.27. The van der Waals surface area contributed by atoms with Crippen LogP contribution in [-0.2, 0) is 0 Å². The van der Waals surface area contributed by atoms with E-state index in [4.69, 9.17) is 4.42 Å². The van der Waals surface area contributed by atoms with Gasteiger partial charge in [0.1, 0.15) is 0 Å². The highest BCUT2D eigenvalue weighted by Gasteiger charge is 2.12. The summed E-state index contributed by atoms with van der Waals surface area (Å²) in [6, 6.07) is 21.7. The van der Waals surface area contributed by atoms with E-state index in [-0.39, 0.29) is 11.7 Å². The van der Waals surface area contributed by atoms with E-state index in [2.05, 4.69) is 34.6 Å². The van der Waals surface area contributed by atoms with E-state index in [1.807, 2.05) is 35.7 Å². The van der Waals surface area contributed by atoms with Gasteiger partial charge in [-0.05, 0) is 23.3 Å². The summed E-state index contributed by atoms with van der Waals surface area (Å²) in [4.78, 5) is 16.5. The first kappa shape index (κ1) is 15.4. The molecule has 4 rings (SSSR count). The minimum absolute atomic E-state index is 0.268. The number of anilines is 1. The third-order valence-electron chi connectivity index (χ3n) is 3.76. The van der Waals surface area contributed by atoms with Crippen molar-refractivity contribution in [2.45, 2.75) is 0 Å². The summed E-state index contributed by atoms with van der Waals surface area (Å²) < 4.78 is 5.08. The second kappa shape index (κ2) is 6.75. The number of carbonyl (C=O) groups excluding carboxylic acids is 1. The molecule has 0 fully saturated rings. The molecule has 0 atom stereocenters. The molecule has 5 heteroatoms. The number of nitrogens with one attached hydrogen (secondary N) is 1. The molecule has 0 aliphatic rings. The van der Waals surface area contributed by atoms with Crippen molar-refractivity contribution in [2.24, 2.45) is 0 Å². The zero-order chi connectivity index (χ0) is 17.1. The average Bonchev–Trinajstić information content (AvgIpc) is 3.35. The summed E-state index contributed by atoms with van der Waals surface area (Å²) in [6.45, 7) is 0. The summed E-state index contributed by atoms with van der Waals surface area (Å²) in [5.41, 5.74) is 4.18. The van der Waals surface area contributed by atoms with Gasteiger partial charge in [-0.25, -0.2) is 4.98 Å². The average molecular weight is 346 g/mol. The van der Waals surface area contributed by atoms with Crippen LogP contribution in [0.2, 0.25) is 0 Å². The third-order valence-corrected chi connectivity index (χ3v) is 4.52. The molecule has 122 valence electrons. The van der Waals surface area contributed by atoms with E-state index < -0.39 is 0 Å². The number of hydrogen-bond acceptors (Lipinski definition) is 4. The Morgan fingerprint density at radius 1 is 0.880 bits per heavy atom. The Kier molecular flexibility index (Phi) is 4.14. The molecule has 0 spiro atoms. The Hall–Kier alpha value is -3.18. The number of amides is 1. The van der Waals surface area contributed by atoms with E-state index in [1.54, 1.807) is 12.1 Å². The molecule has 0 aliphatic heterocycles. The highest BCUT2D eigenvalue weighted by atomic mass is 32.1. The summed E-state index contributed by atoms with van der Waals surface area (Å²) in [7, 11) is 0. The van der Waals surface area contributed by atoms with Gasteiger partial charge in [0, 0.05) is 10.9 Å². The van der Waals surface area contributed by atoms with Gasteiger partial charge in [-0.3, -0.25) is 10.1 Å². The van der Waals surface area contributed by atoms with Crippen molar-refractivity contribution in [1.29, 1.82) is 0 Å². The number of nitrogens with zero attached hydrogens (tertiary/aromatic N) is 1. The third kappa shape index (κ3) is 3.36. The molecule has 0 saturated heterocycles. The van der Waals surface area contributed by atoms with Crippen LogP contribution in [0.1, 0.15) is 10.6 Å². The van der Waals surface area contributed by atoms with Crippen molar-refractivity contribution in [3.8, 4) is 22.4 Å². The molecule has 2 aromatic heterocycles. The van der Waals surface area contributed by atoms with Crippen LogP contribution in [0.5, 0.6) is 0 Å². The number of hydrogen-bond donors (Lipinski definition) is 1. The van der Waals surface area contributed by atoms with Gasteiger partial charge in [-0.15, -0.1) is 11.3 Å². The van der Waals surface area contributed by atoms with Gasteiger partial charge in [0.25, 0.3) is 5.91 Å². The Morgan fingerprint density at radius 3 is 2.32 bits per heavy atom. The molecule has 4 nitrogen and oxygen atoms in total. The molecule has 1 amide bonds. The molecule has 2 heterocycles. The Labute approximate surface area is 148 Å². The largest absolute Gasteiger partial charge is 0.459 e. The Bertz CT molecular complexity index is 974. The maximum absolute atomic E-state index is 12.0. The molecular formula is C20H14N2O2S. The number of rotatable bonds is 4. The normalized spacial score (nSPS) is 10.6. The predicted molar refractivity (Wildman–Crippen MR) is 99.6 cm³/mol. The fourth-order valence-electron chi connectivity index (χ4n) is 2.49. The second-order valence-corrected chi connectivity index (χ2v) is 6.27. The zero-order valence-corrected chi connectivity index (χ0v) is 14.0. The number of thiazole rings is 1. The summed E-state index contributed by atoms with van der Waals surface area (Å²) in [6.07, 6.45) is 1.47. The van der Waals surface area contributed by atoms with Crippen LogP contribution in [0.15, 0.2) is 82.8 Å². The number of carbonyl (C=O) groups is 1. The number of aromatic nitrogens is 1. The standard InChI is InChI=1S/C20H14N2O2S/c23-19(18-7-4-12-24-18)22-20-21-17(13-25-20)16-10-8-15(9-11-16)14-5-2-1-3-6-14/h1-13H,(H,21,22,23). The maximum atomic E-state index is 12.0. The predicted octanol–water partition coefficient (Wildman–Crippen LogP) is 5.32. The van der Waals surface area contributed by atoms with Crippen molar-refractivity contribution in [3.05, 3.63) is 84.1 Å². The first-order chi connectivity index (χ1) is 12.3. The topological polar surface area (TPSA) is 55.1 Å². The first-order valence-corrected chi connectivity index (χ1v) is 8.64. The zero-order valence-electron chi connectivity index (χ0n) is 13.2. The lowest BCUT2D eigenvalue weighted by Gasteiger charge is -2.03. The van der Waals surface area contributed by atoms with Gasteiger partial charge < -0.3 is 4.42 Å². The highest BCUT2D eigenvalue weighted by molar-refractivity contribution is 7.14. The summed E-state index contributed by atoms with van der Waals surface area (Å²) >= 11 is 1.39. The molecular weight excluding hydrogens is 332 g/mol. The summed E-state index contributed by atoms with van der Waals surface area (Å²) in [5.74, 6) is -0.0331. The lowest BCUT2D eigenvalue weighted by Crippen LogP contribution is -2.10. The second-order valence-electron chi connectivity index (χ2n) is 5.41. The van der Waals surface area contributed by atoms with Crippen LogP contribution < -0.4 is 5.32 Å². The van der Waals surface area contributed by atoms with Crippen molar-refractivity contribution < 1.29 is 9.21 Å². The lowest BCUT2D eigenvalue weighted by molar-refractivity contribution is 0.0996. The van der Waals surface area contributed by atoms with Gasteiger partial charge in [-0.2, -0.15) is 0 Å². The van der Waals surface area contributed by atoms with Crippen LogP contribution in [0.4, 0.5) is 5.13 Å². The molecule has 1 N–H and O–H groups in total. The smallest absolute Gasteiger partial charge is 0.293 e. The fraction of sp³-hybridized carbons (Fsp3) is 0. The van der Waals surface area contributed by atoms with E-state index in [9.17, 15) is 4.79 Å². The molecule has 0 radical (unpaired) electrons. The fourth-order valence-corrected chi connectivity index (χ4v) is 3.21. The lowest BCUT2D eigenvalue weighted by atomic mass is 10.0. The van der Waals surface area contributed by atoms with Gasteiger partial charge in [0.05, 0.1) is 12.0 Å². The molecule has 4 aromatic rings. The first-order valence-electron chi connectivity index (χ1n) is 7.76.